The number of aliphatic carboxylic acids is 1. The van der Waals surface area contributed by atoms with Crippen molar-refractivity contribution in [3.63, 3.8) is 0 Å². The Morgan fingerprint density at radius 2 is 1.75 bits per heavy atom. The zero-order valence-corrected chi connectivity index (χ0v) is 21.3. The van der Waals surface area contributed by atoms with Crippen molar-refractivity contribution < 1.29 is 29.4 Å². The van der Waals surface area contributed by atoms with Gasteiger partial charge in [0.1, 0.15) is 11.6 Å². The van der Waals surface area contributed by atoms with Crippen LogP contribution in [0.2, 0.25) is 0 Å². The van der Waals surface area contributed by atoms with Crippen LogP contribution in [0, 0.1) is 11.8 Å². The summed E-state index contributed by atoms with van der Waals surface area (Å²) in [5, 5.41) is 27.3. The van der Waals surface area contributed by atoms with E-state index in [1.54, 1.807) is 6.08 Å². The van der Waals surface area contributed by atoms with Gasteiger partial charge in [-0.25, -0.2) is 4.79 Å². The number of nitrogens with one attached hydrogen (secondary N) is 3. The maximum atomic E-state index is 12.6. The van der Waals surface area contributed by atoms with E-state index in [0.29, 0.717) is 32.1 Å². The number of rotatable bonds is 15. The monoisotopic (exact) mass is 501 g/mol. The van der Waals surface area contributed by atoms with Crippen LogP contribution in [0.15, 0.2) is 42.5 Å². The molecule has 9 heteroatoms. The van der Waals surface area contributed by atoms with Gasteiger partial charge in [-0.1, -0.05) is 57.2 Å². The van der Waals surface area contributed by atoms with Gasteiger partial charge in [-0.15, -0.1) is 0 Å². The van der Waals surface area contributed by atoms with E-state index in [1.165, 1.54) is 6.08 Å². The Labute approximate surface area is 212 Å². The second-order valence-corrected chi connectivity index (χ2v) is 10.1. The molecule has 1 aromatic rings. The molecule has 2 rings (SSSR count). The molecule has 3 atom stereocenters. The Morgan fingerprint density at radius 3 is 2.33 bits per heavy atom. The molecule has 3 amide bonds. The number of hydrogen-bond donors (Lipinski definition) is 5. The summed E-state index contributed by atoms with van der Waals surface area (Å²) in [7, 11) is 0. The van der Waals surface area contributed by atoms with Crippen molar-refractivity contribution in [1.29, 1.82) is 0 Å². The fourth-order valence-corrected chi connectivity index (χ4v) is 3.86. The minimum Gasteiger partial charge on any atom is -0.480 e. The number of aliphatic hydroxyl groups excluding tert-OH is 1. The normalized spacial score (nSPS) is 16.7. The molecule has 0 radical (unpaired) electrons. The van der Waals surface area contributed by atoms with Crippen LogP contribution in [-0.4, -0.2) is 58.1 Å². The standard InChI is InChI=1S/C27H39N3O6/c1-18(2)15-21(25(34)35)29-26(36)27(13-14-27)30-24(33)17-28-23(32)12-8-7-9-19(3)22(31)16-20-10-5-4-6-11-20/h4-6,8,10-12,18-19,21-22,31H,7,9,13-17H2,1-3H3,(H,28,32)(H,29,36)(H,30,33)(H,34,35)/b12-8+. The molecular weight excluding hydrogens is 462 g/mol. The predicted octanol–water partition coefficient (Wildman–Crippen LogP) is 1.94. The molecule has 1 aliphatic carbocycles. The number of hydrogen-bond acceptors (Lipinski definition) is 5. The van der Waals surface area contributed by atoms with Crippen LogP contribution in [0.1, 0.15) is 58.4 Å². The molecule has 9 nitrogen and oxygen atoms in total. The summed E-state index contributed by atoms with van der Waals surface area (Å²) < 4.78 is 0. The molecule has 36 heavy (non-hydrogen) atoms. The van der Waals surface area contributed by atoms with Gasteiger partial charge in [0.15, 0.2) is 0 Å². The van der Waals surface area contributed by atoms with Gasteiger partial charge in [-0.2, -0.15) is 0 Å². The molecule has 0 bridgehead atoms. The van der Waals surface area contributed by atoms with Crippen LogP contribution in [0.3, 0.4) is 0 Å². The minimum atomic E-state index is -1.11. The Hall–Kier alpha value is -3.20. The first-order chi connectivity index (χ1) is 17.0. The molecule has 0 saturated heterocycles. The number of benzene rings is 1. The lowest BCUT2D eigenvalue weighted by Gasteiger charge is -2.22. The van der Waals surface area contributed by atoms with Gasteiger partial charge in [-0.05, 0) is 62.0 Å². The number of aliphatic hydroxyl groups is 1. The highest BCUT2D eigenvalue weighted by Crippen LogP contribution is 2.35. The van der Waals surface area contributed by atoms with Crippen LogP contribution in [-0.2, 0) is 25.6 Å². The number of allylic oxidation sites excluding steroid dienone is 1. The van der Waals surface area contributed by atoms with E-state index in [0.717, 1.165) is 5.56 Å². The largest absolute Gasteiger partial charge is 0.480 e. The number of carbonyl (C=O) groups is 4. The van der Waals surface area contributed by atoms with Crippen molar-refractivity contribution in [3.05, 3.63) is 48.0 Å². The molecule has 198 valence electrons. The third-order valence-electron chi connectivity index (χ3n) is 6.30. The van der Waals surface area contributed by atoms with E-state index in [4.69, 9.17) is 0 Å². The van der Waals surface area contributed by atoms with E-state index >= 15 is 0 Å². The summed E-state index contributed by atoms with van der Waals surface area (Å²) in [6.45, 7) is 5.41. The van der Waals surface area contributed by atoms with Gasteiger partial charge in [0, 0.05) is 0 Å². The van der Waals surface area contributed by atoms with E-state index in [-0.39, 0.29) is 24.8 Å². The first-order valence-corrected chi connectivity index (χ1v) is 12.5. The van der Waals surface area contributed by atoms with Crippen molar-refractivity contribution in [2.24, 2.45) is 11.8 Å². The predicted molar refractivity (Wildman–Crippen MR) is 136 cm³/mol. The highest BCUT2D eigenvalue weighted by atomic mass is 16.4. The molecule has 1 aliphatic rings. The van der Waals surface area contributed by atoms with Gasteiger partial charge < -0.3 is 26.2 Å². The zero-order chi connectivity index (χ0) is 26.7. The quantitative estimate of drug-likeness (QED) is 0.232. The van der Waals surface area contributed by atoms with Crippen molar-refractivity contribution >= 4 is 23.7 Å². The lowest BCUT2D eigenvalue weighted by Crippen LogP contribution is -2.55. The second kappa shape index (κ2) is 13.8. The summed E-state index contributed by atoms with van der Waals surface area (Å²) >= 11 is 0. The average Bonchev–Trinajstić information content (AvgIpc) is 3.60. The summed E-state index contributed by atoms with van der Waals surface area (Å²) in [5.41, 5.74) is -0.0354. The van der Waals surface area contributed by atoms with Gasteiger partial charge in [-0.3, -0.25) is 14.4 Å². The van der Waals surface area contributed by atoms with Crippen molar-refractivity contribution in [2.75, 3.05) is 6.54 Å². The van der Waals surface area contributed by atoms with Crippen LogP contribution in [0.5, 0.6) is 0 Å². The van der Waals surface area contributed by atoms with E-state index in [1.807, 2.05) is 51.1 Å². The van der Waals surface area contributed by atoms with Crippen LogP contribution in [0.25, 0.3) is 0 Å². The minimum absolute atomic E-state index is 0.0610. The molecule has 1 aromatic carbocycles. The van der Waals surface area contributed by atoms with E-state index in [2.05, 4.69) is 16.0 Å². The second-order valence-electron chi connectivity index (χ2n) is 10.1. The van der Waals surface area contributed by atoms with Gasteiger partial charge in [0.25, 0.3) is 0 Å². The smallest absolute Gasteiger partial charge is 0.326 e. The molecular formula is C27H39N3O6. The summed E-state index contributed by atoms with van der Waals surface area (Å²) in [6.07, 6.45) is 5.61. The summed E-state index contributed by atoms with van der Waals surface area (Å²) in [4.78, 5) is 48.3. The molecule has 0 aliphatic heterocycles. The Bertz CT molecular complexity index is 927. The Kier molecular flexibility index (Phi) is 11.1. The van der Waals surface area contributed by atoms with E-state index < -0.39 is 41.4 Å². The molecule has 1 fully saturated rings. The zero-order valence-electron chi connectivity index (χ0n) is 21.3. The highest BCUT2D eigenvalue weighted by molar-refractivity contribution is 5.97. The first kappa shape index (κ1) is 29.0. The summed E-state index contributed by atoms with van der Waals surface area (Å²) in [5.74, 6) is -2.43. The SMILES string of the molecule is CC(C)CC(NC(=O)C1(NC(=O)CNC(=O)/C=C/CCC(C)C(O)Cc2ccccc2)CC1)C(=O)O. The van der Waals surface area contributed by atoms with Crippen LogP contribution >= 0.6 is 0 Å². The number of amides is 3. The average molecular weight is 502 g/mol. The first-order valence-electron chi connectivity index (χ1n) is 12.5. The maximum Gasteiger partial charge on any atom is 0.326 e. The Morgan fingerprint density at radius 1 is 1.08 bits per heavy atom. The summed E-state index contributed by atoms with van der Waals surface area (Å²) in [6, 6.07) is 8.76. The molecule has 0 spiro atoms. The van der Waals surface area contributed by atoms with Gasteiger partial charge >= 0.3 is 5.97 Å². The topological polar surface area (TPSA) is 145 Å². The van der Waals surface area contributed by atoms with Crippen molar-refractivity contribution in [3.8, 4) is 0 Å². The molecule has 0 heterocycles. The lowest BCUT2D eigenvalue weighted by molar-refractivity contribution is -0.143. The van der Waals surface area contributed by atoms with Gasteiger partial charge in [0.2, 0.25) is 17.7 Å². The van der Waals surface area contributed by atoms with Crippen LogP contribution < -0.4 is 16.0 Å². The molecule has 1 saturated carbocycles. The molecule has 3 unspecified atom stereocenters. The van der Waals surface area contributed by atoms with Crippen molar-refractivity contribution in [1.82, 2.24) is 16.0 Å². The lowest BCUT2D eigenvalue weighted by atomic mass is 9.94. The van der Waals surface area contributed by atoms with Crippen LogP contribution in [0.4, 0.5) is 0 Å². The number of carboxylic acids is 1. The third kappa shape index (κ3) is 9.81. The fourth-order valence-electron chi connectivity index (χ4n) is 3.86. The van der Waals surface area contributed by atoms with Gasteiger partial charge in [0.05, 0.1) is 12.6 Å². The van der Waals surface area contributed by atoms with Crippen molar-refractivity contribution in [2.45, 2.75) is 77.0 Å². The number of carboxylic acid groups (broad SMARTS) is 1. The Balaban J connectivity index is 1.69. The maximum absolute atomic E-state index is 12.6. The fraction of sp³-hybridized carbons (Fsp3) is 0.556. The number of carbonyl (C=O) groups excluding carboxylic acids is 3. The highest BCUT2D eigenvalue weighted by Gasteiger charge is 2.51. The van der Waals surface area contributed by atoms with E-state index in [9.17, 15) is 29.4 Å². The third-order valence-corrected chi connectivity index (χ3v) is 6.30. The molecule has 0 aromatic heterocycles. The molecule has 5 N–H and O–H groups in total.